The number of nitro groups is 1. The second-order valence-electron chi connectivity index (χ2n) is 6.17. The van der Waals surface area contributed by atoms with E-state index in [1.807, 2.05) is 0 Å². The van der Waals surface area contributed by atoms with Gasteiger partial charge in [-0.2, -0.15) is 5.10 Å². The second-order valence-corrected chi connectivity index (χ2v) is 6.17. The van der Waals surface area contributed by atoms with Crippen LogP contribution in [0.2, 0.25) is 0 Å². The number of nitrogens with zero attached hydrogens (tertiary/aromatic N) is 5. The van der Waals surface area contributed by atoms with Crippen LogP contribution in [0.3, 0.4) is 0 Å². The lowest BCUT2D eigenvalue weighted by atomic mass is 10.3. The second kappa shape index (κ2) is 8.89. The van der Waals surface area contributed by atoms with Crippen LogP contribution < -0.4 is 15.4 Å². The zero-order valence-corrected chi connectivity index (χ0v) is 16.2. The molecule has 0 fully saturated rings. The molecule has 0 aliphatic heterocycles. The minimum Gasteiger partial charge on any atom is -0.475 e. The zero-order chi connectivity index (χ0) is 21.7. The number of aromatic nitrogens is 4. The minimum absolute atomic E-state index is 0.0374. The molecule has 0 radical (unpaired) electrons. The summed E-state index contributed by atoms with van der Waals surface area (Å²) < 4.78 is 12.7. The first-order chi connectivity index (χ1) is 14.4. The van der Waals surface area contributed by atoms with Crippen LogP contribution in [-0.2, 0) is 24.9 Å². The van der Waals surface area contributed by atoms with E-state index >= 15 is 0 Å². The number of carbonyl (C=O) groups excluding carboxylic acids is 2. The van der Waals surface area contributed by atoms with Crippen LogP contribution in [0.4, 0.5) is 11.4 Å². The maximum Gasteiger partial charge on any atom is 0.350 e. The Bertz CT molecular complexity index is 1050. The van der Waals surface area contributed by atoms with Gasteiger partial charge in [-0.1, -0.05) is 0 Å². The predicted octanol–water partition coefficient (Wildman–Crippen LogP) is 1.09. The van der Waals surface area contributed by atoms with Gasteiger partial charge in [0.1, 0.15) is 12.0 Å². The molecule has 3 aromatic rings. The van der Waals surface area contributed by atoms with Gasteiger partial charge >= 0.3 is 11.6 Å². The van der Waals surface area contributed by atoms with Gasteiger partial charge in [0.15, 0.2) is 5.69 Å². The van der Waals surface area contributed by atoms with Gasteiger partial charge in [-0.25, -0.2) is 0 Å². The number of rotatable bonds is 9. The summed E-state index contributed by atoms with van der Waals surface area (Å²) in [5.41, 5.74) is -0.00189. The Morgan fingerprint density at radius 3 is 2.77 bits per heavy atom. The van der Waals surface area contributed by atoms with E-state index < -0.39 is 16.7 Å². The van der Waals surface area contributed by atoms with Gasteiger partial charge in [-0.05, 0) is 12.1 Å². The van der Waals surface area contributed by atoms with Crippen molar-refractivity contribution in [2.24, 2.45) is 7.05 Å². The average Bonchev–Trinajstić information content (AvgIpc) is 3.44. The van der Waals surface area contributed by atoms with Crippen LogP contribution in [-0.4, -0.2) is 43.4 Å². The first-order valence-corrected chi connectivity index (χ1v) is 8.77. The molecule has 0 atom stereocenters. The molecule has 3 rings (SSSR count). The Balaban J connectivity index is 1.60. The van der Waals surface area contributed by atoms with Gasteiger partial charge in [0.25, 0.3) is 5.91 Å². The van der Waals surface area contributed by atoms with Gasteiger partial charge in [0, 0.05) is 19.7 Å². The fourth-order valence-electron chi connectivity index (χ4n) is 2.62. The molecule has 0 aliphatic carbocycles. The minimum atomic E-state index is -0.619. The van der Waals surface area contributed by atoms with E-state index in [4.69, 9.17) is 9.15 Å². The molecular formula is C17H19N7O6. The zero-order valence-electron chi connectivity index (χ0n) is 16.2. The standard InChI is InChI=1S/C17H19N7O6/c1-22-9-12(15(20-22)16(26)18-8-11-4-3-7-30-11)19-14(25)5-6-23-10-13(24(27)28)17(21-23)29-2/h3-4,7,9-10H,5-6,8H2,1-2H3,(H,18,26)(H,19,25). The number of methoxy groups -OCH3 is 1. The quantitative estimate of drug-likeness (QED) is 0.386. The summed E-state index contributed by atoms with van der Waals surface area (Å²) in [5, 5.41) is 24.2. The molecule has 3 heterocycles. The van der Waals surface area contributed by atoms with Crippen molar-refractivity contribution in [3.8, 4) is 5.88 Å². The van der Waals surface area contributed by atoms with Crippen LogP contribution >= 0.6 is 0 Å². The maximum absolute atomic E-state index is 12.4. The maximum atomic E-state index is 12.4. The number of amides is 2. The third-order valence-corrected chi connectivity index (χ3v) is 3.99. The first-order valence-electron chi connectivity index (χ1n) is 8.77. The van der Waals surface area contributed by atoms with Gasteiger partial charge in [-0.15, -0.1) is 5.10 Å². The van der Waals surface area contributed by atoms with E-state index in [0.717, 1.165) is 0 Å². The Kier molecular flexibility index (Phi) is 6.10. The van der Waals surface area contributed by atoms with Crippen LogP contribution in [0.15, 0.2) is 35.2 Å². The molecule has 3 aromatic heterocycles. The predicted molar refractivity (Wildman–Crippen MR) is 102 cm³/mol. The fourth-order valence-corrected chi connectivity index (χ4v) is 2.62. The van der Waals surface area contributed by atoms with Crippen molar-refractivity contribution in [3.63, 3.8) is 0 Å². The van der Waals surface area contributed by atoms with Crippen molar-refractivity contribution < 1.29 is 23.7 Å². The molecule has 13 nitrogen and oxygen atoms in total. The van der Waals surface area contributed by atoms with Gasteiger partial charge in [0.05, 0.1) is 37.1 Å². The highest BCUT2D eigenvalue weighted by Crippen LogP contribution is 2.24. The van der Waals surface area contributed by atoms with E-state index in [2.05, 4.69) is 20.8 Å². The molecule has 30 heavy (non-hydrogen) atoms. The first kappa shape index (κ1) is 20.6. The smallest absolute Gasteiger partial charge is 0.350 e. The largest absolute Gasteiger partial charge is 0.475 e. The molecule has 0 aromatic carbocycles. The molecule has 0 saturated carbocycles. The number of ether oxygens (including phenoxy) is 1. The van der Waals surface area contributed by atoms with E-state index in [1.165, 1.54) is 35.1 Å². The van der Waals surface area contributed by atoms with Crippen molar-refractivity contribution >= 4 is 23.2 Å². The summed E-state index contributed by atoms with van der Waals surface area (Å²) >= 11 is 0. The number of furan rings is 1. The summed E-state index contributed by atoms with van der Waals surface area (Å²) in [6.07, 6.45) is 4.15. The SMILES string of the molecule is COc1nn(CCC(=O)Nc2cn(C)nc2C(=O)NCc2ccco2)cc1[N+](=O)[O-]. The summed E-state index contributed by atoms with van der Waals surface area (Å²) in [7, 11) is 2.89. The molecule has 0 aliphatic rings. The molecular weight excluding hydrogens is 398 g/mol. The molecule has 0 unspecified atom stereocenters. The number of nitrogens with one attached hydrogen (secondary N) is 2. The fraction of sp³-hybridized carbons (Fsp3) is 0.294. The summed E-state index contributed by atoms with van der Waals surface area (Å²) in [6, 6.07) is 3.42. The Morgan fingerprint density at radius 2 is 2.13 bits per heavy atom. The normalized spacial score (nSPS) is 10.6. The molecule has 0 saturated heterocycles. The molecule has 0 spiro atoms. The van der Waals surface area contributed by atoms with Crippen molar-refractivity contribution in [1.29, 1.82) is 0 Å². The molecule has 2 N–H and O–H groups in total. The van der Waals surface area contributed by atoms with Gasteiger partial charge in [-0.3, -0.25) is 29.1 Å². The number of anilines is 1. The molecule has 2 amide bonds. The Labute approximate surface area is 169 Å². The van der Waals surface area contributed by atoms with Crippen LogP contribution in [0.1, 0.15) is 22.7 Å². The monoisotopic (exact) mass is 417 g/mol. The van der Waals surface area contributed by atoms with Gasteiger partial charge in [0.2, 0.25) is 5.91 Å². The summed E-state index contributed by atoms with van der Waals surface area (Å²) in [6.45, 7) is 0.256. The topological polar surface area (TPSA) is 159 Å². The highest BCUT2D eigenvalue weighted by Gasteiger charge is 2.21. The van der Waals surface area contributed by atoms with Crippen LogP contribution in [0.25, 0.3) is 0 Å². The van der Waals surface area contributed by atoms with Crippen LogP contribution in [0, 0.1) is 10.1 Å². The molecule has 158 valence electrons. The lowest BCUT2D eigenvalue weighted by Crippen LogP contribution is -2.25. The van der Waals surface area contributed by atoms with E-state index in [-0.39, 0.29) is 42.5 Å². The summed E-state index contributed by atoms with van der Waals surface area (Å²) in [5.74, 6) is -0.452. The molecule has 13 heteroatoms. The van der Waals surface area contributed by atoms with Crippen molar-refractivity contribution in [1.82, 2.24) is 24.9 Å². The number of carbonyl (C=O) groups is 2. The Morgan fingerprint density at radius 1 is 1.33 bits per heavy atom. The molecule has 0 bridgehead atoms. The average molecular weight is 417 g/mol. The third-order valence-electron chi connectivity index (χ3n) is 3.99. The van der Waals surface area contributed by atoms with E-state index in [0.29, 0.717) is 5.76 Å². The van der Waals surface area contributed by atoms with E-state index in [9.17, 15) is 19.7 Å². The number of hydrogen-bond acceptors (Lipinski definition) is 8. The van der Waals surface area contributed by atoms with Crippen LogP contribution in [0.5, 0.6) is 5.88 Å². The van der Waals surface area contributed by atoms with Crippen molar-refractivity contribution in [2.75, 3.05) is 12.4 Å². The van der Waals surface area contributed by atoms with Crippen molar-refractivity contribution in [2.45, 2.75) is 19.5 Å². The lowest BCUT2D eigenvalue weighted by molar-refractivity contribution is -0.385. The summed E-state index contributed by atoms with van der Waals surface area (Å²) in [4.78, 5) is 35.0. The van der Waals surface area contributed by atoms with Gasteiger partial charge < -0.3 is 19.8 Å². The highest BCUT2D eigenvalue weighted by molar-refractivity contribution is 6.02. The third kappa shape index (κ3) is 4.81. The van der Waals surface area contributed by atoms with Crippen molar-refractivity contribution in [3.05, 3.63) is 52.4 Å². The number of aryl methyl sites for hydroxylation is 2. The number of hydrogen-bond donors (Lipinski definition) is 2. The van der Waals surface area contributed by atoms with E-state index in [1.54, 1.807) is 19.2 Å². The Hall–Kier alpha value is -4.16. The lowest BCUT2D eigenvalue weighted by Gasteiger charge is -2.06. The highest BCUT2D eigenvalue weighted by atomic mass is 16.6.